The number of carbonyl (C=O) groups excluding carboxylic acids is 1. The maximum atomic E-state index is 12.4. The summed E-state index contributed by atoms with van der Waals surface area (Å²) in [7, 11) is -2.36. The third-order valence-corrected chi connectivity index (χ3v) is 6.87. The smallest absolute Gasteiger partial charge is 0.252 e. The van der Waals surface area contributed by atoms with Gasteiger partial charge in [0.15, 0.2) is 0 Å². The fourth-order valence-corrected chi connectivity index (χ4v) is 4.91. The van der Waals surface area contributed by atoms with E-state index in [4.69, 9.17) is 16.3 Å². The first-order chi connectivity index (χ1) is 12.2. The number of amides is 1. The predicted molar refractivity (Wildman–Crippen MR) is 103 cm³/mol. The lowest BCUT2D eigenvalue weighted by Crippen LogP contribution is -2.37. The van der Waals surface area contributed by atoms with Gasteiger partial charge < -0.3 is 10.1 Å². The van der Waals surface area contributed by atoms with Gasteiger partial charge in [-0.2, -0.15) is 4.31 Å². The lowest BCUT2D eigenvalue weighted by atomic mass is 10.2. The minimum atomic E-state index is -3.72. The summed E-state index contributed by atoms with van der Waals surface area (Å²) in [4.78, 5) is 12.1. The van der Waals surface area contributed by atoms with Crippen molar-refractivity contribution in [3.8, 4) is 5.75 Å². The second kappa shape index (κ2) is 8.85. The Hall–Kier alpha value is -1.61. The van der Waals surface area contributed by atoms with Crippen LogP contribution in [0.25, 0.3) is 0 Å². The summed E-state index contributed by atoms with van der Waals surface area (Å²) in [5, 5.41) is 2.71. The van der Waals surface area contributed by atoms with Gasteiger partial charge in [-0.1, -0.05) is 23.7 Å². The van der Waals surface area contributed by atoms with Gasteiger partial charge in [-0.25, -0.2) is 8.42 Å². The number of nitrogens with zero attached hydrogens (tertiary/aromatic N) is 1. The highest BCUT2D eigenvalue weighted by Crippen LogP contribution is 2.27. The summed E-state index contributed by atoms with van der Waals surface area (Å²) < 4.78 is 31.8. The zero-order valence-corrected chi connectivity index (χ0v) is 17.1. The Morgan fingerprint density at radius 2 is 1.88 bits per heavy atom. The monoisotopic (exact) mass is 416 g/mol. The van der Waals surface area contributed by atoms with Crippen molar-refractivity contribution in [3.63, 3.8) is 0 Å². The molecule has 1 aromatic heterocycles. The van der Waals surface area contributed by atoms with E-state index in [2.05, 4.69) is 5.32 Å². The number of benzene rings is 1. The van der Waals surface area contributed by atoms with E-state index in [1.807, 2.05) is 38.1 Å². The molecule has 0 fully saturated rings. The standard InChI is InChI=1S/C17H21ClN2O4S2/c1-12(2)24-14-6-4-13(5-7-14)10-19-16(21)11-20(3)26(22,23)17-9-8-15(18)25-17/h4-9,12H,10-11H2,1-3H3,(H,19,21). The molecular formula is C17H21ClN2O4S2. The van der Waals surface area contributed by atoms with Crippen molar-refractivity contribution in [2.45, 2.75) is 30.7 Å². The molecule has 0 aliphatic carbocycles. The van der Waals surface area contributed by atoms with Gasteiger partial charge in [-0.3, -0.25) is 4.79 Å². The maximum Gasteiger partial charge on any atom is 0.252 e. The molecule has 0 atom stereocenters. The summed E-state index contributed by atoms with van der Waals surface area (Å²) >= 11 is 6.74. The number of halogens is 1. The molecule has 26 heavy (non-hydrogen) atoms. The molecule has 1 amide bonds. The van der Waals surface area contributed by atoms with Gasteiger partial charge in [0, 0.05) is 13.6 Å². The largest absolute Gasteiger partial charge is 0.491 e. The van der Waals surface area contributed by atoms with Crippen LogP contribution in [0.2, 0.25) is 4.34 Å². The first-order valence-corrected chi connectivity index (χ1v) is 10.6. The highest BCUT2D eigenvalue weighted by atomic mass is 35.5. The molecule has 9 heteroatoms. The molecule has 0 radical (unpaired) electrons. The van der Waals surface area contributed by atoms with Crippen LogP contribution >= 0.6 is 22.9 Å². The van der Waals surface area contributed by atoms with Gasteiger partial charge in [-0.15, -0.1) is 11.3 Å². The van der Waals surface area contributed by atoms with E-state index in [1.54, 1.807) is 0 Å². The van der Waals surface area contributed by atoms with Crippen LogP contribution in [0.1, 0.15) is 19.4 Å². The number of rotatable bonds is 8. The Bertz CT molecular complexity index is 848. The third kappa shape index (κ3) is 5.70. The molecule has 142 valence electrons. The highest BCUT2D eigenvalue weighted by molar-refractivity contribution is 7.91. The molecule has 0 saturated heterocycles. The van der Waals surface area contributed by atoms with Gasteiger partial charge in [-0.05, 0) is 43.7 Å². The first kappa shape index (κ1) is 20.7. The second-order valence-corrected chi connectivity index (χ2v) is 9.89. The Morgan fingerprint density at radius 1 is 1.23 bits per heavy atom. The van der Waals surface area contributed by atoms with E-state index >= 15 is 0 Å². The predicted octanol–water partition coefficient (Wildman–Crippen LogP) is 3.13. The summed E-state index contributed by atoms with van der Waals surface area (Å²) in [6.45, 7) is 3.93. The Balaban J connectivity index is 1.88. The van der Waals surface area contributed by atoms with Gasteiger partial charge >= 0.3 is 0 Å². The summed E-state index contributed by atoms with van der Waals surface area (Å²) in [6.07, 6.45) is 0.0938. The highest BCUT2D eigenvalue weighted by Gasteiger charge is 2.24. The van der Waals surface area contributed by atoms with Crippen molar-refractivity contribution in [2.24, 2.45) is 0 Å². The molecule has 2 rings (SSSR count). The minimum absolute atomic E-state index is 0.0938. The summed E-state index contributed by atoms with van der Waals surface area (Å²) in [6, 6.07) is 10.3. The molecule has 2 aromatic rings. The van der Waals surface area contributed by atoms with Crippen LogP contribution in [0.5, 0.6) is 5.75 Å². The van der Waals surface area contributed by atoms with E-state index in [0.717, 1.165) is 27.0 Å². The molecule has 0 bridgehead atoms. The Morgan fingerprint density at radius 3 is 2.42 bits per heavy atom. The Kier molecular flexibility index (Phi) is 7.05. The normalized spacial score (nSPS) is 11.8. The number of ether oxygens (including phenoxy) is 1. The lowest BCUT2D eigenvalue weighted by molar-refractivity contribution is -0.121. The van der Waals surface area contributed by atoms with Crippen molar-refractivity contribution in [1.82, 2.24) is 9.62 Å². The number of hydrogen-bond acceptors (Lipinski definition) is 5. The molecule has 0 aliphatic heterocycles. The van der Waals surface area contributed by atoms with Crippen LogP contribution in [0.3, 0.4) is 0 Å². The quantitative estimate of drug-likeness (QED) is 0.717. The average Bonchev–Trinajstić information content (AvgIpc) is 3.01. The van der Waals surface area contributed by atoms with Crippen molar-refractivity contribution in [1.29, 1.82) is 0 Å². The van der Waals surface area contributed by atoms with E-state index in [9.17, 15) is 13.2 Å². The van der Waals surface area contributed by atoms with Crippen LogP contribution in [-0.4, -0.2) is 38.3 Å². The number of thiophene rings is 1. The SMILES string of the molecule is CC(C)Oc1ccc(CNC(=O)CN(C)S(=O)(=O)c2ccc(Cl)s2)cc1. The number of likely N-dealkylation sites (N-methyl/N-ethyl adjacent to an activating group) is 1. The van der Waals surface area contributed by atoms with Crippen LogP contribution < -0.4 is 10.1 Å². The van der Waals surface area contributed by atoms with Crippen LogP contribution in [0, 0.1) is 0 Å². The van der Waals surface area contributed by atoms with Crippen LogP contribution in [0.15, 0.2) is 40.6 Å². The van der Waals surface area contributed by atoms with Crippen molar-refractivity contribution in [2.75, 3.05) is 13.6 Å². The molecule has 0 saturated carbocycles. The molecule has 1 N–H and O–H groups in total. The van der Waals surface area contributed by atoms with E-state index in [0.29, 0.717) is 10.9 Å². The molecule has 1 aromatic carbocycles. The number of sulfonamides is 1. The maximum absolute atomic E-state index is 12.4. The molecule has 0 aliphatic rings. The van der Waals surface area contributed by atoms with Crippen LogP contribution in [-0.2, 0) is 21.4 Å². The van der Waals surface area contributed by atoms with E-state index in [-0.39, 0.29) is 22.8 Å². The molecule has 6 nitrogen and oxygen atoms in total. The van der Waals surface area contributed by atoms with Crippen molar-refractivity contribution < 1.29 is 17.9 Å². The van der Waals surface area contributed by atoms with E-state index < -0.39 is 10.0 Å². The zero-order chi connectivity index (χ0) is 19.3. The first-order valence-electron chi connectivity index (χ1n) is 7.92. The Labute approximate surface area is 162 Å². The van der Waals surface area contributed by atoms with Crippen LogP contribution in [0.4, 0.5) is 0 Å². The van der Waals surface area contributed by atoms with E-state index in [1.165, 1.54) is 19.2 Å². The molecule has 0 unspecified atom stereocenters. The minimum Gasteiger partial charge on any atom is -0.491 e. The molecular weight excluding hydrogens is 396 g/mol. The van der Waals surface area contributed by atoms with Crippen molar-refractivity contribution in [3.05, 3.63) is 46.3 Å². The number of carbonyl (C=O) groups is 1. The second-order valence-electron chi connectivity index (χ2n) is 5.91. The molecule has 1 heterocycles. The summed E-state index contributed by atoms with van der Waals surface area (Å²) in [5.41, 5.74) is 0.894. The van der Waals surface area contributed by atoms with Gasteiger partial charge in [0.1, 0.15) is 9.96 Å². The van der Waals surface area contributed by atoms with Gasteiger partial charge in [0.25, 0.3) is 10.0 Å². The third-order valence-electron chi connectivity index (χ3n) is 3.36. The van der Waals surface area contributed by atoms with Gasteiger partial charge in [0.2, 0.25) is 5.91 Å². The number of nitrogens with one attached hydrogen (secondary N) is 1. The zero-order valence-electron chi connectivity index (χ0n) is 14.7. The topological polar surface area (TPSA) is 75.7 Å². The lowest BCUT2D eigenvalue weighted by Gasteiger charge is -2.16. The van der Waals surface area contributed by atoms with Crippen molar-refractivity contribution >= 4 is 38.9 Å². The molecule has 0 spiro atoms. The average molecular weight is 417 g/mol. The fourth-order valence-electron chi connectivity index (χ4n) is 2.09. The van der Waals surface area contributed by atoms with Gasteiger partial charge in [0.05, 0.1) is 17.0 Å². The number of hydrogen-bond donors (Lipinski definition) is 1. The summed E-state index contributed by atoms with van der Waals surface area (Å²) in [5.74, 6) is 0.372. The fraction of sp³-hybridized carbons (Fsp3) is 0.353.